The third kappa shape index (κ3) is 3.08. The first-order valence-electron chi connectivity index (χ1n) is 7.56. The molecule has 0 spiro atoms. The summed E-state index contributed by atoms with van der Waals surface area (Å²) in [6.45, 7) is 0.590. The van der Waals surface area contributed by atoms with E-state index in [-0.39, 0.29) is 23.7 Å². The number of furan rings is 1. The van der Waals surface area contributed by atoms with Crippen LogP contribution < -0.4 is 10.2 Å². The normalized spacial score (nSPS) is 16.9. The molecule has 1 aliphatic heterocycles. The molecule has 0 bridgehead atoms. The first kappa shape index (κ1) is 16.0. The Labute approximate surface area is 137 Å². The van der Waals surface area contributed by atoms with Gasteiger partial charge in [-0.05, 0) is 37.1 Å². The number of nitrogens with zero attached hydrogens (tertiary/aromatic N) is 2. The molecule has 5 nitrogen and oxygen atoms in total. The van der Waals surface area contributed by atoms with Crippen LogP contribution in [0.4, 0.5) is 14.5 Å². The second kappa shape index (κ2) is 6.71. The van der Waals surface area contributed by atoms with Crippen LogP contribution in [0.2, 0.25) is 0 Å². The summed E-state index contributed by atoms with van der Waals surface area (Å²) >= 11 is 0. The number of carbonyl (C=O) groups excluding carboxylic acids is 1. The van der Waals surface area contributed by atoms with Crippen molar-refractivity contribution < 1.29 is 18.0 Å². The molecular weight excluding hydrogens is 316 g/mol. The van der Waals surface area contributed by atoms with E-state index in [9.17, 15) is 13.6 Å². The molecule has 0 unspecified atom stereocenters. The molecule has 1 atom stereocenters. The van der Waals surface area contributed by atoms with E-state index in [0.717, 1.165) is 12.1 Å². The number of amides is 1. The van der Waals surface area contributed by atoms with Gasteiger partial charge in [-0.1, -0.05) is 0 Å². The summed E-state index contributed by atoms with van der Waals surface area (Å²) in [4.78, 5) is 13.8. The second-order valence-electron chi connectivity index (χ2n) is 5.55. The zero-order valence-electron chi connectivity index (χ0n) is 12.8. The van der Waals surface area contributed by atoms with Crippen molar-refractivity contribution in [2.45, 2.75) is 25.4 Å². The fourth-order valence-electron chi connectivity index (χ4n) is 2.92. The lowest BCUT2D eigenvalue weighted by molar-refractivity contribution is -0.122. The third-order valence-electron chi connectivity index (χ3n) is 4.01. The molecule has 0 aliphatic carbocycles. The molecule has 0 saturated carbocycles. The van der Waals surface area contributed by atoms with Crippen molar-refractivity contribution >= 4 is 11.6 Å². The first-order valence-corrected chi connectivity index (χ1v) is 7.56. The minimum absolute atomic E-state index is 0.0910. The highest BCUT2D eigenvalue weighted by atomic mass is 19.1. The molecule has 1 N–H and O–H groups in total. The summed E-state index contributed by atoms with van der Waals surface area (Å²) in [7, 11) is 0. The molecule has 124 valence electrons. The Kier molecular flexibility index (Phi) is 4.47. The lowest BCUT2D eigenvalue weighted by Gasteiger charge is -2.26. The summed E-state index contributed by atoms with van der Waals surface area (Å²) in [5.74, 6) is -1.38. The van der Waals surface area contributed by atoms with Gasteiger partial charge in [0.25, 0.3) is 0 Å². The number of nitrogens with one attached hydrogen (secondary N) is 1. The lowest BCUT2D eigenvalue weighted by atomic mass is 10.1. The summed E-state index contributed by atoms with van der Waals surface area (Å²) in [5, 5.41) is 11.5. The molecule has 1 fully saturated rings. The predicted octanol–water partition coefficient (Wildman–Crippen LogP) is 2.71. The van der Waals surface area contributed by atoms with Crippen LogP contribution in [0.1, 0.15) is 24.2 Å². The van der Waals surface area contributed by atoms with E-state index in [0.29, 0.717) is 25.1 Å². The Morgan fingerprint density at radius 2 is 2.17 bits per heavy atom. The zero-order valence-corrected chi connectivity index (χ0v) is 12.8. The van der Waals surface area contributed by atoms with Crippen molar-refractivity contribution in [2.75, 3.05) is 11.4 Å². The number of rotatable bonds is 4. The quantitative estimate of drug-likeness (QED) is 0.935. The van der Waals surface area contributed by atoms with E-state index in [1.807, 2.05) is 0 Å². The van der Waals surface area contributed by atoms with Gasteiger partial charge in [0.05, 0.1) is 24.4 Å². The van der Waals surface area contributed by atoms with Gasteiger partial charge in [-0.3, -0.25) is 4.79 Å². The van der Waals surface area contributed by atoms with E-state index < -0.39 is 17.7 Å². The van der Waals surface area contributed by atoms with Gasteiger partial charge < -0.3 is 14.6 Å². The van der Waals surface area contributed by atoms with Gasteiger partial charge in [0.15, 0.2) is 11.6 Å². The summed E-state index contributed by atoms with van der Waals surface area (Å²) in [6.07, 6.45) is 2.66. The minimum atomic E-state index is -0.836. The Morgan fingerprint density at radius 3 is 2.79 bits per heavy atom. The van der Waals surface area contributed by atoms with Gasteiger partial charge in [0.1, 0.15) is 17.5 Å². The van der Waals surface area contributed by atoms with Crippen molar-refractivity contribution in [1.82, 2.24) is 5.32 Å². The maximum absolute atomic E-state index is 14.2. The zero-order chi connectivity index (χ0) is 17.1. The average Bonchev–Trinajstić information content (AvgIpc) is 3.23. The van der Waals surface area contributed by atoms with E-state index in [4.69, 9.17) is 9.68 Å². The fraction of sp³-hybridized carbons (Fsp3) is 0.294. The Morgan fingerprint density at radius 1 is 1.42 bits per heavy atom. The molecule has 24 heavy (non-hydrogen) atoms. The number of anilines is 1. The Bertz CT molecular complexity index is 761. The monoisotopic (exact) mass is 331 g/mol. The van der Waals surface area contributed by atoms with E-state index in [1.165, 1.54) is 11.2 Å². The number of benzene rings is 1. The summed E-state index contributed by atoms with van der Waals surface area (Å²) in [5.41, 5.74) is -0.351. The van der Waals surface area contributed by atoms with Crippen molar-refractivity contribution in [3.8, 4) is 6.07 Å². The maximum atomic E-state index is 14.2. The molecule has 3 rings (SSSR count). The molecule has 7 heteroatoms. The predicted molar refractivity (Wildman–Crippen MR) is 82.0 cm³/mol. The highest BCUT2D eigenvalue weighted by Crippen LogP contribution is 2.31. The fourth-order valence-corrected chi connectivity index (χ4v) is 2.92. The van der Waals surface area contributed by atoms with Crippen LogP contribution >= 0.6 is 0 Å². The van der Waals surface area contributed by atoms with Gasteiger partial charge in [0, 0.05) is 6.54 Å². The molecule has 1 aliphatic rings. The van der Waals surface area contributed by atoms with Crippen LogP contribution in [0.15, 0.2) is 34.9 Å². The summed E-state index contributed by atoms with van der Waals surface area (Å²) in [6, 6.07) is 6.46. The van der Waals surface area contributed by atoms with Crippen LogP contribution in [0, 0.1) is 23.0 Å². The highest BCUT2D eigenvalue weighted by molar-refractivity contribution is 5.86. The van der Waals surface area contributed by atoms with E-state index in [2.05, 4.69) is 5.32 Å². The van der Waals surface area contributed by atoms with Crippen molar-refractivity contribution in [3.63, 3.8) is 0 Å². The third-order valence-corrected chi connectivity index (χ3v) is 4.01. The number of nitriles is 1. The largest absolute Gasteiger partial charge is 0.467 e. The van der Waals surface area contributed by atoms with Crippen LogP contribution in [0.3, 0.4) is 0 Å². The molecule has 2 heterocycles. The lowest BCUT2D eigenvalue weighted by Crippen LogP contribution is -2.43. The standard InChI is InChI=1S/C17H15F2N3O2/c18-13-7-11(9-20)8-14(19)16(13)22-5-1-4-15(22)17(23)21-10-12-3-2-6-24-12/h2-3,6-8,15H,1,4-5,10H2,(H,21,23)/t15-/m1/s1. The summed E-state index contributed by atoms with van der Waals surface area (Å²) < 4.78 is 33.6. The number of hydrogen-bond acceptors (Lipinski definition) is 4. The van der Waals surface area contributed by atoms with Gasteiger partial charge in [-0.15, -0.1) is 0 Å². The van der Waals surface area contributed by atoms with Crippen LogP contribution in [0.25, 0.3) is 0 Å². The van der Waals surface area contributed by atoms with Gasteiger partial charge >= 0.3 is 0 Å². The molecule has 1 aromatic carbocycles. The van der Waals surface area contributed by atoms with E-state index in [1.54, 1.807) is 18.2 Å². The molecule has 1 amide bonds. The Balaban J connectivity index is 1.78. The maximum Gasteiger partial charge on any atom is 0.243 e. The minimum Gasteiger partial charge on any atom is -0.467 e. The SMILES string of the molecule is N#Cc1cc(F)c(N2CCC[C@@H]2C(=O)NCc2ccco2)c(F)c1. The van der Waals surface area contributed by atoms with Crippen molar-refractivity contribution in [3.05, 3.63) is 53.5 Å². The number of halogens is 2. The van der Waals surface area contributed by atoms with Crippen LogP contribution in [-0.4, -0.2) is 18.5 Å². The topological polar surface area (TPSA) is 69.3 Å². The molecule has 1 aromatic heterocycles. The number of hydrogen-bond donors (Lipinski definition) is 1. The molecule has 2 aromatic rings. The second-order valence-corrected chi connectivity index (χ2v) is 5.55. The Hall–Kier alpha value is -2.88. The molecular formula is C17H15F2N3O2. The van der Waals surface area contributed by atoms with Gasteiger partial charge in [-0.25, -0.2) is 8.78 Å². The smallest absolute Gasteiger partial charge is 0.243 e. The average molecular weight is 331 g/mol. The van der Waals surface area contributed by atoms with Gasteiger partial charge in [0.2, 0.25) is 5.91 Å². The molecule has 0 radical (unpaired) electrons. The van der Waals surface area contributed by atoms with Crippen molar-refractivity contribution in [1.29, 1.82) is 5.26 Å². The van der Waals surface area contributed by atoms with Crippen LogP contribution in [0.5, 0.6) is 0 Å². The highest BCUT2D eigenvalue weighted by Gasteiger charge is 2.34. The van der Waals surface area contributed by atoms with Gasteiger partial charge in [-0.2, -0.15) is 5.26 Å². The number of carbonyl (C=O) groups is 1. The first-order chi connectivity index (χ1) is 11.6. The molecule has 1 saturated heterocycles. The van der Waals surface area contributed by atoms with Crippen molar-refractivity contribution in [2.24, 2.45) is 0 Å². The van der Waals surface area contributed by atoms with E-state index >= 15 is 0 Å². The van der Waals surface area contributed by atoms with Crippen LogP contribution in [-0.2, 0) is 11.3 Å².